The van der Waals surface area contributed by atoms with Gasteiger partial charge in [-0.1, -0.05) is 18.6 Å². The number of carbonyl (C=O) groups is 1. The van der Waals surface area contributed by atoms with E-state index in [1.807, 2.05) is 6.07 Å². The normalized spacial score (nSPS) is 13.8. The van der Waals surface area contributed by atoms with E-state index in [0.717, 1.165) is 19.6 Å². The number of fused-ring (bicyclic) bond motifs is 1. The van der Waals surface area contributed by atoms with Crippen LogP contribution in [0, 0.1) is 0 Å². The van der Waals surface area contributed by atoms with E-state index in [9.17, 15) is 9.59 Å². The molecule has 4 aromatic rings. The first-order chi connectivity index (χ1) is 18.5. The second-order valence-electron chi connectivity index (χ2n) is 9.19. The summed E-state index contributed by atoms with van der Waals surface area (Å²) in [5, 5.41) is 3.39. The second-order valence-corrected chi connectivity index (χ2v) is 9.19. The van der Waals surface area contributed by atoms with Crippen molar-refractivity contribution in [2.45, 2.75) is 25.8 Å². The number of piperidine rings is 1. The van der Waals surface area contributed by atoms with Gasteiger partial charge in [0, 0.05) is 29.9 Å². The third-order valence-corrected chi connectivity index (χ3v) is 6.67. The summed E-state index contributed by atoms with van der Waals surface area (Å²) < 4.78 is 12.1. The van der Waals surface area contributed by atoms with Gasteiger partial charge < -0.3 is 19.7 Å². The molecular weight excluding hydrogens is 484 g/mol. The van der Waals surface area contributed by atoms with Gasteiger partial charge in [-0.25, -0.2) is 4.98 Å². The monoisotopic (exact) mass is 514 g/mol. The number of ether oxygens (including phenoxy) is 2. The van der Waals surface area contributed by atoms with Crippen molar-refractivity contribution in [1.29, 1.82) is 0 Å². The molecule has 10 heteroatoms. The topological polar surface area (TPSA) is 111 Å². The predicted molar refractivity (Wildman–Crippen MR) is 145 cm³/mol. The van der Waals surface area contributed by atoms with Crippen molar-refractivity contribution in [3.05, 3.63) is 70.8 Å². The number of carbonyl (C=O) groups excluding carboxylic acids is 1. The van der Waals surface area contributed by atoms with Crippen LogP contribution in [0.3, 0.4) is 0 Å². The summed E-state index contributed by atoms with van der Waals surface area (Å²) in [6, 6.07) is 13.7. The first kappa shape index (κ1) is 25.3. The summed E-state index contributed by atoms with van der Waals surface area (Å²) in [5.74, 6) is 0.832. The van der Waals surface area contributed by atoms with Crippen molar-refractivity contribution in [3.8, 4) is 23.1 Å². The fraction of sp³-hybridized carbons (Fsp3) is 0.321. The van der Waals surface area contributed by atoms with Crippen LogP contribution in [0.25, 0.3) is 22.3 Å². The van der Waals surface area contributed by atoms with Crippen molar-refractivity contribution < 1.29 is 14.3 Å². The van der Waals surface area contributed by atoms with E-state index in [2.05, 4.69) is 25.2 Å². The Morgan fingerprint density at radius 2 is 1.71 bits per heavy atom. The van der Waals surface area contributed by atoms with E-state index < -0.39 is 0 Å². The summed E-state index contributed by atoms with van der Waals surface area (Å²) in [6.45, 7) is 3.60. The molecule has 0 saturated carbocycles. The number of aromatic nitrogens is 4. The van der Waals surface area contributed by atoms with Crippen LogP contribution in [0.4, 0.5) is 5.69 Å². The number of amides is 1. The molecule has 2 aromatic heterocycles. The minimum Gasteiger partial charge on any atom is -0.481 e. The van der Waals surface area contributed by atoms with Gasteiger partial charge >= 0.3 is 0 Å². The zero-order valence-corrected chi connectivity index (χ0v) is 21.5. The largest absolute Gasteiger partial charge is 0.481 e. The van der Waals surface area contributed by atoms with E-state index in [1.165, 1.54) is 33.5 Å². The minimum absolute atomic E-state index is 0.0969. The maximum absolute atomic E-state index is 13.0. The lowest BCUT2D eigenvalue weighted by Gasteiger charge is -2.26. The second kappa shape index (κ2) is 11.4. The highest BCUT2D eigenvalue weighted by Crippen LogP contribution is 2.25. The number of anilines is 1. The summed E-state index contributed by atoms with van der Waals surface area (Å²) >= 11 is 0. The van der Waals surface area contributed by atoms with Gasteiger partial charge in [0.15, 0.2) is 5.82 Å². The maximum atomic E-state index is 13.0. The van der Waals surface area contributed by atoms with E-state index in [4.69, 9.17) is 9.47 Å². The van der Waals surface area contributed by atoms with Crippen molar-refractivity contribution >= 4 is 22.5 Å². The van der Waals surface area contributed by atoms with Gasteiger partial charge in [0.2, 0.25) is 11.8 Å². The number of methoxy groups -OCH3 is 2. The maximum Gasteiger partial charge on any atom is 0.261 e. The molecule has 1 N–H and O–H groups in total. The SMILES string of the molecule is COc1cc(OC)nc(-c2cccc(NC(=O)c3ccc4c(=O)n(CCN5CCCCC5)cnc4c3)c2)n1. The quantitative estimate of drug-likeness (QED) is 0.380. The van der Waals surface area contributed by atoms with Gasteiger partial charge in [-0.15, -0.1) is 0 Å². The number of benzene rings is 2. The lowest BCUT2D eigenvalue weighted by molar-refractivity contribution is 0.102. The lowest BCUT2D eigenvalue weighted by atomic mass is 10.1. The molecule has 5 rings (SSSR count). The lowest BCUT2D eigenvalue weighted by Crippen LogP contribution is -2.34. The molecule has 0 radical (unpaired) electrons. The molecule has 0 unspecified atom stereocenters. The zero-order chi connectivity index (χ0) is 26.5. The Balaban J connectivity index is 1.32. The summed E-state index contributed by atoms with van der Waals surface area (Å²) in [6.07, 6.45) is 5.27. The van der Waals surface area contributed by atoms with Crippen molar-refractivity contribution in [3.63, 3.8) is 0 Å². The molecular formula is C28H30N6O4. The van der Waals surface area contributed by atoms with Crippen LogP contribution < -0.4 is 20.3 Å². The molecule has 10 nitrogen and oxygen atoms in total. The third kappa shape index (κ3) is 5.65. The Kier molecular flexibility index (Phi) is 7.60. The number of hydrogen-bond donors (Lipinski definition) is 1. The van der Waals surface area contributed by atoms with E-state index >= 15 is 0 Å². The van der Waals surface area contributed by atoms with Crippen molar-refractivity contribution in [1.82, 2.24) is 24.4 Å². The van der Waals surface area contributed by atoms with Crippen LogP contribution in [0.15, 0.2) is 59.7 Å². The highest BCUT2D eigenvalue weighted by atomic mass is 16.5. The third-order valence-electron chi connectivity index (χ3n) is 6.67. The average Bonchev–Trinajstić information content (AvgIpc) is 2.97. The van der Waals surface area contributed by atoms with Gasteiger partial charge in [-0.3, -0.25) is 14.2 Å². The molecule has 2 aromatic carbocycles. The number of rotatable bonds is 8. The summed E-state index contributed by atoms with van der Waals surface area (Å²) in [7, 11) is 3.04. The summed E-state index contributed by atoms with van der Waals surface area (Å²) in [5.41, 5.74) is 2.05. The first-order valence-corrected chi connectivity index (χ1v) is 12.6. The Bertz CT molecular complexity index is 1490. The fourth-order valence-corrected chi connectivity index (χ4v) is 4.57. The molecule has 1 aliphatic heterocycles. The van der Waals surface area contributed by atoms with Gasteiger partial charge in [0.05, 0.1) is 37.5 Å². The fourth-order valence-electron chi connectivity index (χ4n) is 4.57. The number of nitrogens with one attached hydrogen (secondary N) is 1. The molecule has 0 atom stereocenters. The molecule has 1 saturated heterocycles. The Morgan fingerprint density at radius 1 is 0.947 bits per heavy atom. The Morgan fingerprint density at radius 3 is 2.45 bits per heavy atom. The van der Waals surface area contributed by atoms with E-state index in [0.29, 0.717) is 51.8 Å². The van der Waals surface area contributed by atoms with Gasteiger partial charge in [0.1, 0.15) is 0 Å². The Labute approximate surface area is 220 Å². The van der Waals surface area contributed by atoms with Crippen LogP contribution in [-0.4, -0.2) is 64.2 Å². The predicted octanol–water partition coefficient (Wildman–Crippen LogP) is 3.61. The Hall–Kier alpha value is -4.31. The molecule has 0 bridgehead atoms. The van der Waals surface area contributed by atoms with Crippen LogP contribution in [0.2, 0.25) is 0 Å². The highest BCUT2D eigenvalue weighted by Gasteiger charge is 2.14. The number of nitrogens with zero attached hydrogens (tertiary/aromatic N) is 5. The molecule has 1 amide bonds. The van der Waals surface area contributed by atoms with E-state index in [1.54, 1.807) is 53.4 Å². The van der Waals surface area contributed by atoms with Crippen molar-refractivity contribution in [2.24, 2.45) is 0 Å². The molecule has 3 heterocycles. The van der Waals surface area contributed by atoms with Crippen LogP contribution in [-0.2, 0) is 6.54 Å². The first-order valence-electron chi connectivity index (χ1n) is 12.6. The van der Waals surface area contributed by atoms with Gasteiger partial charge in [-0.05, 0) is 56.3 Å². The molecule has 38 heavy (non-hydrogen) atoms. The number of hydrogen-bond acceptors (Lipinski definition) is 8. The van der Waals surface area contributed by atoms with E-state index in [-0.39, 0.29) is 11.5 Å². The molecule has 0 aliphatic carbocycles. The molecule has 1 fully saturated rings. The van der Waals surface area contributed by atoms with Gasteiger partial charge in [0.25, 0.3) is 11.5 Å². The summed E-state index contributed by atoms with van der Waals surface area (Å²) in [4.78, 5) is 41.6. The van der Waals surface area contributed by atoms with Crippen molar-refractivity contribution in [2.75, 3.05) is 39.2 Å². The standard InChI is InChI=1S/C28H30N6O4/c1-37-24-17-25(38-2)32-26(31-24)19-7-6-8-21(15-19)30-27(35)20-9-10-22-23(16-20)29-18-34(28(22)36)14-13-33-11-4-3-5-12-33/h6-10,15-18H,3-5,11-14H2,1-2H3,(H,30,35). The highest BCUT2D eigenvalue weighted by molar-refractivity contribution is 6.06. The molecule has 0 spiro atoms. The molecule has 196 valence electrons. The van der Waals surface area contributed by atoms with Gasteiger partial charge in [-0.2, -0.15) is 9.97 Å². The zero-order valence-electron chi connectivity index (χ0n) is 21.5. The average molecular weight is 515 g/mol. The van der Waals surface area contributed by atoms with Crippen LogP contribution in [0.5, 0.6) is 11.8 Å². The molecule has 1 aliphatic rings. The van der Waals surface area contributed by atoms with Crippen LogP contribution in [0.1, 0.15) is 29.6 Å². The minimum atomic E-state index is -0.315. The smallest absolute Gasteiger partial charge is 0.261 e. The van der Waals surface area contributed by atoms with Crippen LogP contribution >= 0.6 is 0 Å². The number of likely N-dealkylation sites (tertiary alicyclic amines) is 1.